The van der Waals surface area contributed by atoms with E-state index >= 15 is 0 Å². The summed E-state index contributed by atoms with van der Waals surface area (Å²) >= 11 is 0. The van der Waals surface area contributed by atoms with Crippen molar-refractivity contribution in [3.8, 4) is 0 Å². The second-order valence-electron chi connectivity index (χ2n) is 5.52. The molecule has 6 heteroatoms. The highest BCUT2D eigenvalue weighted by Gasteiger charge is 2.36. The first-order valence-corrected chi connectivity index (χ1v) is 6.99. The molecule has 1 saturated heterocycles. The van der Waals surface area contributed by atoms with Crippen molar-refractivity contribution < 1.29 is 47.5 Å². The Kier molecular flexibility index (Phi) is 9.37. The Morgan fingerprint density at radius 3 is 1.75 bits per heavy atom. The number of nitrogens with zero attached hydrogens (tertiary/aromatic N) is 1. The van der Waals surface area contributed by atoms with Crippen LogP contribution in [0.15, 0.2) is 0 Å². The lowest BCUT2D eigenvalue weighted by molar-refractivity contribution is -0.922. The maximum absolute atomic E-state index is 11.3. The summed E-state index contributed by atoms with van der Waals surface area (Å²) in [5.41, 5.74) is 0. The fourth-order valence-electron chi connectivity index (χ4n) is 2.96. The number of halogens is 1. The van der Waals surface area contributed by atoms with E-state index in [-0.39, 0.29) is 35.9 Å². The summed E-state index contributed by atoms with van der Waals surface area (Å²) in [7, 11) is 5.06. The molecule has 0 unspecified atom stereocenters. The van der Waals surface area contributed by atoms with Gasteiger partial charge in [-0.1, -0.05) is 0 Å². The zero-order valence-electron chi connectivity index (χ0n) is 12.7. The molecule has 5 nitrogen and oxygen atoms in total. The summed E-state index contributed by atoms with van der Waals surface area (Å²) in [6, 6.07) is 0.334. The van der Waals surface area contributed by atoms with Gasteiger partial charge in [-0.15, -0.1) is 0 Å². The SMILES string of the molecule is COC(=O)CCC(CCC(=O)OC)[N+]1(C)CCCC1.[I-]. The number of esters is 2. The molecule has 0 bridgehead atoms. The summed E-state index contributed by atoms with van der Waals surface area (Å²) in [5, 5.41) is 0. The van der Waals surface area contributed by atoms with E-state index in [0.29, 0.717) is 18.9 Å². The van der Waals surface area contributed by atoms with E-state index in [1.165, 1.54) is 27.1 Å². The molecule has 20 heavy (non-hydrogen) atoms. The summed E-state index contributed by atoms with van der Waals surface area (Å²) in [4.78, 5) is 22.6. The first kappa shape index (κ1) is 19.6. The van der Waals surface area contributed by atoms with Crippen molar-refractivity contribution >= 4 is 11.9 Å². The Bertz CT molecular complexity index is 296. The Morgan fingerprint density at radius 1 is 1.00 bits per heavy atom. The number of rotatable bonds is 7. The third-order valence-corrected chi connectivity index (χ3v) is 4.29. The minimum absolute atomic E-state index is 0. The first-order valence-electron chi connectivity index (χ1n) is 6.99. The molecule has 0 amide bonds. The van der Waals surface area contributed by atoms with Gasteiger partial charge in [0.05, 0.1) is 53.2 Å². The van der Waals surface area contributed by atoms with Crippen molar-refractivity contribution in [3.63, 3.8) is 0 Å². The quantitative estimate of drug-likeness (QED) is 0.297. The highest BCUT2D eigenvalue weighted by molar-refractivity contribution is 5.69. The van der Waals surface area contributed by atoms with Crippen molar-refractivity contribution in [2.45, 2.75) is 44.6 Å². The maximum Gasteiger partial charge on any atom is 0.305 e. The third-order valence-electron chi connectivity index (χ3n) is 4.29. The normalized spacial score (nSPS) is 16.6. The minimum atomic E-state index is -0.172. The van der Waals surface area contributed by atoms with Gasteiger partial charge in [0.1, 0.15) is 0 Å². The van der Waals surface area contributed by atoms with E-state index in [9.17, 15) is 9.59 Å². The predicted octanol–water partition coefficient (Wildman–Crippen LogP) is -1.49. The average molecular weight is 399 g/mol. The predicted molar refractivity (Wildman–Crippen MR) is 71.4 cm³/mol. The second kappa shape index (κ2) is 9.55. The zero-order valence-corrected chi connectivity index (χ0v) is 14.8. The van der Waals surface area contributed by atoms with Gasteiger partial charge in [-0.25, -0.2) is 0 Å². The molecule has 0 aromatic rings. The molecule has 0 radical (unpaired) electrons. The minimum Gasteiger partial charge on any atom is -1.00 e. The molecule has 1 aliphatic rings. The molecule has 0 spiro atoms. The molecule has 0 aromatic carbocycles. The van der Waals surface area contributed by atoms with E-state index < -0.39 is 0 Å². The molecule has 118 valence electrons. The van der Waals surface area contributed by atoms with Crippen LogP contribution in [-0.4, -0.2) is 56.8 Å². The fraction of sp³-hybridized carbons (Fsp3) is 0.857. The van der Waals surface area contributed by atoms with E-state index in [1.807, 2.05) is 0 Å². The lowest BCUT2D eigenvalue weighted by Crippen LogP contribution is -3.00. The van der Waals surface area contributed by atoms with Gasteiger partial charge in [0.15, 0.2) is 0 Å². The van der Waals surface area contributed by atoms with Gasteiger partial charge >= 0.3 is 11.9 Å². The topological polar surface area (TPSA) is 52.6 Å². The lowest BCUT2D eigenvalue weighted by Gasteiger charge is -2.38. The molecule has 1 fully saturated rings. The van der Waals surface area contributed by atoms with Gasteiger partial charge < -0.3 is 37.9 Å². The van der Waals surface area contributed by atoms with Gasteiger partial charge in [-0.2, -0.15) is 0 Å². The van der Waals surface area contributed by atoms with Crippen LogP contribution in [0.25, 0.3) is 0 Å². The number of likely N-dealkylation sites (tertiary alicyclic amines) is 1. The first-order chi connectivity index (χ1) is 9.01. The monoisotopic (exact) mass is 399 g/mol. The molecule has 1 aliphatic heterocycles. The summed E-state index contributed by atoms with van der Waals surface area (Å²) in [5.74, 6) is -0.345. The smallest absolute Gasteiger partial charge is 0.305 e. The Balaban J connectivity index is 0.00000361. The van der Waals surface area contributed by atoms with Crippen LogP contribution >= 0.6 is 0 Å². The van der Waals surface area contributed by atoms with E-state index in [0.717, 1.165) is 30.4 Å². The molecule has 0 N–H and O–H groups in total. The van der Waals surface area contributed by atoms with E-state index in [4.69, 9.17) is 9.47 Å². The number of hydrogen-bond donors (Lipinski definition) is 0. The molecule has 0 aromatic heterocycles. The molecular formula is C14H26INO4. The highest BCUT2D eigenvalue weighted by atomic mass is 127. The Labute approximate surface area is 138 Å². The van der Waals surface area contributed by atoms with Gasteiger partial charge in [0, 0.05) is 25.7 Å². The van der Waals surface area contributed by atoms with Gasteiger partial charge in [0.2, 0.25) is 0 Å². The average Bonchev–Trinajstić information content (AvgIpc) is 2.85. The number of ether oxygens (including phenoxy) is 2. The summed E-state index contributed by atoms with van der Waals surface area (Å²) < 4.78 is 10.4. The van der Waals surface area contributed by atoms with Crippen LogP contribution in [0.4, 0.5) is 0 Å². The van der Waals surface area contributed by atoms with Crippen molar-refractivity contribution in [1.82, 2.24) is 0 Å². The van der Waals surface area contributed by atoms with Crippen molar-refractivity contribution in [3.05, 3.63) is 0 Å². The van der Waals surface area contributed by atoms with Crippen LogP contribution in [0.5, 0.6) is 0 Å². The standard InChI is InChI=1S/C14H26NO4.HI/c1-15(10-4-5-11-15)12(6-8-13(16)18-2)7-9-14(17)19-3;/h12H,4-11H2,1-3H3;1H/q+1;/p-1. The maximum atomic E-state index is 11.3. The molecule has 0 saturated carbocycles. The fourth-order valence-corrected chi connectivity index (χ4v) is 2.96. The molecular weight excluding hydrogens is 373 g/mol. The second-order valence-corrected chi connectivity index (χ2v) is 5.52. The number of methoxy groups -OCH3 is 2. The van der Waals surface area contributed by atoms with Crippen LogP contribution in [0.1, 0.15) is 38.5 Å². The van der Waals surface area contributed by atoms with E-state index in [2.05, 4.69) is 7.05 Å². The van der Waals surface area contributed by atoms with Crippen LogP contribution in [0.3, 0.4) is 0 Å². The number of quaternary nitrogens is 1. The molecule has 0 aliphatic carbocycles. The summed E-state index contributed by atoms with van der Waals surface area (Å²) in [6.45, 7) is 2.26. The van der Waals surface area contributed by atoms with Crippen molar-refractivity contribution in [2.75, 3.05) is 34.4 Å². The Morgan fingerprint density at radius 2 is 1.40 bits per heavy atom. The van der Waals surface area contributed by atoms with Crippen LogP contribution in [-0.2, 0) is 19.1 Å². The van der Waals surface area contributed by atoms with Gasteiger partial charge in [-0.3, -0.25) is 9.59 Å². The lowest BCUT2D eigenvalue weighted by atomic mass is 10.0. The van der Waals surface area contributed by atoms with Gasteiger partial charge in [-0.05, 0) is 0 Å². The van der Waals surface area contributed by atoms with E-state index in [1.54, 1.807) is 0 Å². The van der Waals surface area contributed by atoms with Gasteiger partial charge in [0.25, 0.3) is 0 Å². The zero-order chi connectivity index (χ0) is 14.3. The number of hydrogen-bond acceptors (Lipinski definition) is 4. The summed E-state index contributed by atoms with van der Waals surface area (Å²) in [6.07, 6.45) is 4.86. The van der Waals surface area contributed by atoms with Crippen molar-refractivity contribution in [2.24, 2.45) is 0 Å². The highest BCUT2D eigenvalue weighted by Crippen LogP contribution is 2.27. The number of carbonyl (C=O) groups is 2. The molecule has 0 atom stereocenters. The molecule has 1 rings (SSSR count). The van der Waals surface area contributed by atoms with Crippen LogP contribution < -0.4 is 24.0 Å². The van der Waals surface area contributed by atoms with Crippen LogP contribution in [0, 0.1) is 0 Å². The Hall–Kier alpha value is -0.370. The molecule has 1 heterocycles. The van der Waals surface area contributed by atoms with Crippen molar-refractivity contribution in [1.29, 1.82) is 0 Å². The van der Waals surface area contributed by atoms with Crippen LogP contribution in [0.2, 0.25) is 0 Å². The third kappa shape index (κ3) is 5.95. The largest absolute Gasteiger partial charge is 1.00 e. The number of carbonyl (C=O) groups excluding carboxylic acids is 2.